The molecule has 0 spiro atoms. The van der Waals surface area contributed by atoms with E-state index in [2.05, 4.69) is 27.4 Å². The second-order valence-electron chi connectivity index (χ2n) is 6.53. The van der Waals surface area contributed by atoms with Gasteiger partial charge in [-0.05, 0) is 54.3 Å². The molecule has 0 heteroatoms. The van der Waals surface area contributed by atoms with Crippen LogP contribution in [0.4, 0.5) is 0 Å². The van der Waals surface area contributed by atoms with Crippen LogP contribution in [0.25, 0.3) is 0 Å². The fourth-order valence-electron chi connectivity index (χ4n) is 5.05. The van der Waals surface area contributed by atoms with E-state index < -0.39 is 0 Å². The summed E-state index contributed by atoms with van der Waals surface area (Å²) >= 11 is 0. The summed E-state index contributed by atoms with van der Waals surface area (Å²) in [5.41, 5.74) is 2.70. The van der Waals surface area contributed by atoms with E-state index in [1.54, 1.807) is 5.57 Å². The number of allylic oxidation sites excluding steroid dienone is 1. The Kier molecular flexibility index (Phi) is 1.47. The van der Waals surface area contributed by atoms with Gasteiger partial charge in [0, 0.05) is 0 Å². The molecule has 0 nitrogen and oxygen atoms in total. The summed E-state index contributed by atoms with van der Waals surface area (Å²) in [7, 11) is 0. The quantitative estimate of drug-likeness (QED) is 0.506. The van der Waals surface area contributed by atoms with Gasteiger partial charge in [-0.3, -0.25) is 0 Å². The Morgan fingerprint density at radius 2 is 2.07 bits per heavy atom. The predicted octanol–water partition coefficient (Wildman–Crippen LogP) is 4.02. The van der Waals surface area contributed by atoms with Gasteiger partial charge in [-0.2, -0.15) is 0 Å². The van der Waals surface area contributed by atoms with Gasteiger partial charge >= 0.3 is 0 Å². The van der Waals surface area contributed by atoms with Crippen LogP contribution in [0.3, 0.4) is 0 Å². The Balaban J connectivity index is 2.12. The Hall–Kier alpha value is -0.260. The first-order chi connectivity index (χ1) is 6.49. The van der Waals surface area contributed by atoms with Crippen molar-refractivity contribution in [2.75, 3.05) is 0 Å². The molecule has 14 heavy (non-hydrogen) atoms. The molecular formula is C14H22. The van der Waals surface area contributed by atoms with Crippen LogP contribution in [0, 0.1) is 28.6 Å². The van der Waals surface area contributed by atoms with Gasteiger partial charge in [-0.25, -0.2) is 0 Å². The zero-order valence-electron chi connectivity index (χ0n) is 9.77. The summed E-state index contributed by atoms with van der Waals surface area (Å²) in [5.74, 6) is 2.83. The summed E-state index contributed by atoms with van der Waals surface area (Å²) in [6.07, 6.45) is 5.72. The molecule has 5 unspecified atom stereocenters. The molecule has 0 aromatic heterocycles. The van der Waals surface area contributed by atoms with E-state index >= 15 is 0 Å². The third kappa shape index (κ3) is 0.708. The lowest BCUT2D eigenvalue weighted by atomic mass is 9.50. The van der Waals surface area contributed by atoms with E-state index in [4.69, 9.17) is 0 Å². The molecule has 78 valence electrons. The third-order valence-corrected chi connectivity index (χ3v) is 6.28. The van der Waals surface area contributed by atoms with E-state index in [0.29, 0.717) is 10.8 Å². The minimum Gasteiger partial charge on any atom is -0.0990 e. The Morgan fingerprint density at radius 3 is 2.71 bits per heavy atom. The highest BCUT2D eigenvalue weighted by molar-refractivity contribution is 5.31. The SMILES string of the molecule is C=C1C2CC3C(C)CCC1(C)C3(C)C2. The van der Waals surface area contributed by atoms with Gasteiger partial charge < -0.3 is 0 Å². The topological polar surface area (TPSA) is 0 Å². The van der Waals surface area contributed by atoms with Crippen molar-refractivity contribution in [2.45, 2.75) is 46.5 Å². The average molecular weight is 190 g/mol. The zero-order valence-corrected chi connectivity index (χ0v) is 9.77. The van der Waals surface area contributed by atoms with Crippen molar-refractivity contribution >= 4 is 0 Å². The minimum atomic E-state index is 0.493. The van der Waals surface area contributed by atoms with E-state index in [1.165, 1.54) is 25.7 Å². The van der Waals surface area contributed by atoms with Crippen LogP contribution in [0.1, 0.15) is 46.5 Å². The smallest absolute Gasteiger partial charge is 0.00595 e. The van der Waals surface area contributed by atoms with Gasteiger partial charge in [0.15, 0.2) is 0 Å². The van der Waals surface area contributed by atoms with Crippen LogP contribution in [0.5, 0.6) is 0 Å². The third-order valence-electron chi connectivity index (χ3n) is 6.28. The fraction of sp³-hybridized carbons (Fsp3) is 0.857. The second kappa shape index (κ2) is 2.28. The van der Waals surface area contributed by atoms with Gasteiger partial charge in [-0.1, -0.05) is 32.9 Å². The first-order valence-corrected chi connectivity index (χ1v) is 6.18. The first-order valence-electron chi connectivity index (χ1n) is 6.18. The monoisotopic (exact) mass is 190 g/mol. The predicted molar refractivity (Wildman–Crippen MR) is 60.0 cm³/mol. The molecule has 3 rings (SSSR count). The van der Waals surface area contributed by atoms with Crippen molar-refractivity contribution in [2.24, 2.45) is 28.6 Å². The molecule has 0 saturated heterocycles. The molecule has 0 aromatic rings. The summed E-state index contributed by atoms with van der Waals surface area (Å²) in [4.78, 5) is 0. The van der Waals surface area contributed by atoms with Gasteiger partial charge in [0.25, 0.3) is 0 Å². The maximum atomic E-state index is 4.40. The van der Waals surface area contributed by atoms with Crippen LogP contribution in [-0.2, 0) is 0 Å². The Labute approximate surface area is 87.8 Å². The highest BCUT2D eigenvalue weighted by atomic mass is 14.7. The molecule has 3 aliphatic carbocycles. The molecule has 0 aliphatic heterocycles. The molecule has 0 heterocycles. The highest BCUT2D eigenvalue weighted by Crippen LogP contribution is 2.74. The molecule has 5 atom stereocenters. The molecule has 0 N–H and O–H groups in total. The standard InChI is InChI=1S/C14H22/c1-9-5-6-13(3)10(2)11-7-12(9)14(13,4)8-11/h9,11-12H,2,5-8H2,1,3-4H3. The largest absolute Gasteiger partial charge is 0.0990 e. The normalized spacial score (nSPS) is 60.8. The van der Waals surface area contributed by atoms with Crippen molar-refractivity contribution in [1.29, 1.82) is 0 Å². The zero-order chi connectivity index (χ0) is 10.1. The Bertz CT molecular complexity index is 303. The summed E-state index contributed by atoms with van der Waals surface area (Å²) in [6.45, 7) is 11.9. The molecule has 0 amide bonds. The molecule has 3 fully saturated rings. The van der Waals surface area contributed by atoms with Gasteiger partial charge in [0.1, 0.15) is 0 Å². The van der Waals surface area contributed by atoms with Crippen molar-refractivity contribution in [3.05, 3.63) is 12.2 Å². The lowest BCUT2D eigenvalue weighted by Crippen LogP contribution is -2.47. The van der Waals surface area contributed by atoms with E-state index in [-0.39, 0.29) is 0 Å². The van der Waals surface area contributed by atoms with Crippen molar-refractivity contribution < 1.29 is 0 Å². The maximum absolute atomic E-state index is 4.40. The average Bonchev–Trinajstić information content (AvgIpc) is 2.58. The molecule has 2 bridgehead atoms. The van der Waals surface area contributed by atoms with Gasteiger partial charge in [0.2, 0.25) is 0 Å². The van der Waals surface area contributed by atoms with E-state index in [9.17, 15) is 0 Å². The van der Waals surface area contributed by atoms with Crippen LogP contribution in [0.15, 0.2) is 12.2 Å². The van der Waals surface area contributed by atoms with Gasteiger partial charge in [-0.15, -0.1) is 0 Å². The summed E-state index contributed by atoms with van der Waals surface area (Å²) in [5, 5.41) is 0. The molecule has 0 radical (unpaired) electrons. The number of fused-ring (bicyclic) bond motifs is 1. The van der Waals surface area contributed by atoms with E-state index in [0.717, 1.165) is 17.8 Å². The van der Waals surface area contributed by atoms with Crippen LogP contribution >= 0.6 is 0 Å². The summed E-state index contributed by atoms with van der Waals surface area (Å²) in [6, 6.07) is 0. The fourth-order valence-corrected chi connectivity index (χ4v) is 5.05. The number of hydrogen-bond acceptors (Lipinski definition) is 0. The summed E-state index contributed by atoms with van der Waals surface area (Å²) < 4.78 is 0. The van der Waals surface area contributed by atoms with Crippen molar-refractivity contribution in [3.8, 4) is 0 Å². The van der Waals surface area contributed by atoms with Crippen molar-refractivity contribution in [3.63, 3.8) is 0 Å². The first kappa shape index (κ1) is 9.00. The number of hydrogen-bond donors (Lipinski definition) is 0. The van der Waals surface area contributed by atoms with Crippen LogP contribution in [-0.4, -0.2) is 0 Å². The molecule has 0 aromatic carbocycles. The van der Waals surface area contributed by atoms with E-state index in [1.807, 2.05) is 0 Å². The lowest BCUT2D eigenvalue weighted by molar-refractivity contribution is -0.0168. The Morgan fingerprint density at radius 1 is 1.36 bits per heavy atom. The van der Waals surface area contributed by atoms with Gasteiger partial charge in [0.05, 0.1) is 0 Å². The van der Waals surface area contributed by atoms with Crippen LogP contribution in [0.2, 0.25) is 0 Å². The lowest BCUT2D eigenvalue weighted by Gasteiger charge is -2.55. The maximum Gasteiger partial charge on any atom is -0.00595 e. The molecule has 3 aliphatic rings. The molecule has 3 saturated carbocycles. The second-order valence-corrected chi connectivity index (χ2v) is 6.53. The van der Waals surface area contributed by atoms with Crippen LogP contribution < -0.4 is 0 Å². The molecular weight excluding hydrogens is 168 g/mol. The minimum absolute atomic E-state index is 0.493. The number of rotatable bonds is 0. The highest BCUT2D eigenvalue weighted by Gasteiger charge is 2.65. The van der Waals surface area contributed by atoms with Crippen molar-refractivity contribution in [1.82, 2.24) is 0 Å².